The molecular formula is C15H16ClN3O3S. The van der Waals surface area contributed by atoms with E-state index in [1.807, 2.05) is 11.0 Å². The van der Waals surface area contributed by atoms with Crippen molar-refractivity contribution in [1.82, 2.24) is 5.32 Å². The minimum absolute atomic E-state index is 0.333. The van der Waals surface area contributed by atoms with Crippen LogP contribution in [0.4, 0.5) is 10.5 Å². The second-order valence-electron chi connectivity index (χ2n) is 5.50. The van der Waals surface area contributed by atoms with Gasteiger partial charge >= 0.3 is 0 Å². The van der Waals surface area contributed by atoms with Gasteiger partial charge in [0.2, 0.25) is 0 Å². The van der Waals surface area contributed by atoms with E-state index in [2.05, 4.69) is 5.32 Å². The Morgan fingerprint density at radius 3 is 2.87 bits per heavy atom. The first kappa shape index (κ1) is 16.3. The molecular weight excluding hydrogens is 338 g/mol. The Morgan fingerprint density at radius 2 is 2.22 bits per heavy atom. The number of para-hydroxylation sites is 1. The highest BCUT2D eigenvalue weighted by Gasteiger charge is 2.29. The van der Waals surface area contributed by atoms with Crippen molar-refractivity contribution in [3.63, 3.8) is 0 Å². The molecule has 1 aromatic carbocycles. The van der Waals surface area contributed by atoms with Crippen molar-refractivity contribution in [2.75, 3.05) is 18.0 Å². The number of amides is 2. The molecule has 2 aliphatic heterocycles. The van der Waals surface area contributed by atoms with Gasteiger partial charge in [0, 0.05) is 24.7 Å². The van der Waals surface area contributed by atoms with Crippen molar-refractivity contribution in [3.8, 4) is 0 Å². The van der Waals surface area contributed by atoms with Crippen LogP contribution in [0, 0.1) is 0 Å². The van der Waals surface area contributed by atoms with Gasteiger partial charge in [-0.1, -0.05) is 23.7 Å². The second kappa shape index (κ2) is 6.52. The highest BCUT2D eigenvalue weighted by atomic mass is 35.5. The molecule has 0 spiro atoms. The average Bonchev–Trinajstić information content (AvgIpc) is 2.80. The van der Waals surface area contributed by atoms with Crippen molar-refractivity contribution in [1.29, 1.82) is 0 Å². The highest BCUT2D eigenvalue weighted by molar-refractivity contribution is 8.18. The minimum Gasteiger partial charge on any atom is -0.391 e. The first-order chi connectivity index (χ1) is 11.0. The van der Waals surface area contributed by atoms with Gasteiger partial charge in [0.25, 0.3) is 11.1 Å². The zero-order valence-electron chi connectivity index (χ0n) is 12.2. The third-order valence-electron chi connectivity index (χ3n) is 3.88. The molecule has 23 heavy (non-hydrogen) atoms. The maximum absolute atomic E-state index is 11.7. The van der Waals surface area contributed by atoms with E-state index >= 15 is 0 Å². The number of anilines is 1. The first-order valence-electron chi connectivity index (χ1n) is 7.17. The Kier molecular flexibility index (Phi) is 4.63. The van der Waals surface area contributed by atoms with Gasteiger partial charge in [-0.25, -0.2) is 0 Å². The van der Waals surface area contributed by atoms with Crippen LogP contribution in [0.2, 0.25) is 5.02 Å². The number of halogens is 1. The molecule has 2 aliphatic rings. The molecule has 0 aliphatic carbocycles. The Labute approximate surface area is 142 Å². The van der Waals surface area contributed by atoms with Crippen LogP contribution in [0.15, 0.2) is 23.1 Å². The molecule has 122 valence electrons. The van der Waals surface area contributed by atoms with Crippen LogP contribution >= 0.6 is 23.4 Å². The molecule has 0 radical (unpaired) electrons. The number of nitrogens with one attached hydrogen (secondary N) is 1. The number of hydrogen-bond acceptors (Lipinski definition) is 6. The molecule has 0 saturated carbocycles. The van der Waals surface area contributed by atoms with E-state index in [0.717, 1.165) is 23.0 Å². The molecule has 0 bridgehead atoms. The fourth-order valence-electron chi connectivity index (χ4n) is 2.72. The van der Waals surface area contributed by atoms with Crippen LogP contribution < -0.4 is 16.0 Å². The molecule has 3 rings (SSSR count). The van der Waals surface area contributed by atoms with Crippen molar-refractivity contribution in [2.45, 2.75) is 18.6 Å². The first-order valence-corrected chi connectivity index (χ1v) is 8.37. The number of imide groups is 1. The van der Waals surface area contributed by atoms with Gasteiger partial charge in [0.15, 0.2) is 0 Å². The monoisotopic (exact) mass is 353 g/mol. The molecule has 2 saturated heterocycles. The molecule has 0 aromatic heterocycles. The predicted octanol–water partition coefficient (Wildman–Crippen LogP) is 1.56. The average molecular weight is 354 g/mol. The summed E-state index contributed by atoms with van der Waals surface area (Å²) in [4.78, 5) is 25.4. The third-order valence-corrected chi connectivity index (χ3v) is 5.00. The maximum atomic E-state index is 11.7. The number of nitrogens with zero attached hydrogens (tertiary/aromatic N) is 1. The zero-order valence-corrected chi connectivity index (χ0v) is 13.7. The largest absolute Gasteiger partial charge is 0.391 e. The number of rotatable bonds is 2. The smallest absolute Gasteiger partial charge is 0.290 e. The molecule has 2 amide bonds. The number of hydrogen-bond donors (Lipinski definition) is 3. The number of nitrogens with two attached hydrogens (primary N) is 1. The Morgan fingerprint density at radius 1 is 1.43 bits per heavy atom. The van der Waals surface area contributed by atoms with E-state index in [0.29, 0.717) is 29.4 Å². The van der Waals surface area contributed by atoms with E-state index < -0.39 is 12.0 Å². The summed E-state index contributed by atoms with van der Waals surface area (Å²) in [7, 11) is 0. The summed E-state index contributed by atoms with van der Waals surface area (Å²) in [5, 5.41) is 12.2. The maximum Gasteiger partial charge on any atom is 0.290 e. The lowest BCUT2D eigenvalue weighted by Crippen LogP contribution is -2.51. The van der Waals surface area contributed by atoms with E-state index in [-0.39, 0.29) is 11.3 Å². The van der Waals surface area contributed by atoms with Gasteiger partial charge < -0.3 is 15.7 Å². The van der Waals surface area contributed by atoms with Crippen LogP contribution in [-0.2, 0) is 4.79 Å². The fourth-order valence-corrected chi connectivity index (χ4v) is 3.69. The summed E-state index contributed by atoms with van der Waals surface area (Å²) in [6.07, 6.45) is 1.68. The minimum atomic E-state index is -0.524. The highest BCUT2D eigenvalue weighted by Crippen LogP contribution is 2.35. The van der Waals surface area contributed by atoms with Crippen LogP contribution in [0.3, 0.4) is 0 Å². The van der Waals surface area contributed by atoms with Gasteiger partial charge in [-0.3, -0.25) is 14.9 Å². The quantitative estimate of drug-likeness (QED) is 0.698. The number of thioether (sulfide) groups is 1. The lowest BCUT2D eigenvalue weighted by molar-refractivity contribution is -0.115. The van der Waals surface area contributed by atoms with Gasteiger partial charge in [-0.2, -0.15) is 0 Å². The number of aliphatic hydroxyl groups is 1. The normalized spacial score (nSPS) is 26.7. The zero-order chi connectivity index (χ0) is 16.6. The summed E-state index contributed by atoms with van der Waals surface area (Å²) >= 11 is 7.21. The molecule has 8 heteroatoms. The number of piperidine rings is 1. The van der Waals surface area contributed by atoms with Gasteiger partial charge in [-0.05, 0) is 30.3 Å². The molecule has 1 aromatic rings. The van der Waals surface area contributed by atoms with Gasteiger partial charge in [0.1, 0.15) is 0 Å². The van der Waals surface area contributed by atoms with Crippen LogP contribution in [0.5, 0.6) is 0 Å². The summed E-state index contributed by atoms with van der Waals surface area (Å²) in [6, 6.07) is 5.03. The molecule has 2 heterocycles. The van der Waals surface area contributed by atoms with Crippen molar-refractivity contribution < 1.29 is 14.7 Å². The van der Waals surface area contributed by atoms with E-state index in [1.165, 1.54) is 0 Å². The SMILES string of the molecule is N[C@H]1CN(c2c(Cl)cccc2/C=C2\SC(=O)NC2=O)CC[C@@H]1O. The Hall–Kier alpha value is -1.54. The topological polar surface area (TPSA) is 95.7 Å². The summed E-state index contributed by atoms with van der Waals surface area (Å²) < 4.78 is 0. The van der Waals surface area contributed by atoms with Crippen LogP contribution in [0.25, 0.3) is 6.08 Å². The molecule has 0 unspecified atom stereocenters. The van der Waals surface area contributed by atoms with E-state index in [4.69, 9.17) is 17.3 Å². The fraction of sp³-hybridized carbons (Fsp3) is 0.333. The van der Waals surface area contributed by atoms with Crippen molar-refractivity contribution in [2.24, 2.45) is 5.73 Å². The molecule has 4 N–H and O–H groups in total. The van der Waals surface area contributed by atoms with E-state index in [9.17, 15) is 14.7 Å². The lowest BCUT2D eigenvalue weighted by Gasteiger charge is -2.37. The number of carbonyl (C=O) groups excluding carboxylic acids is 2. The number of aliphatic hydroxyl groups excluding tert-OH is 1. The molecule has 6 nitrogen and oxygen atoms in total. The number of benzene rings is 1. The number of carbonyl (C=O) groups is 2. The summed E-state index contributed by atoms with van der Waals surface area (Å²) in [6.45, 7) is 1.09. The Bertz CT molecular complexity index is 695. The van der Waals surface area contributed by atoms with Gasteiger partial charge in [0.05, 0.1) is 21.7 Å². The van der Waals surface area contributed by atoms with Crippen molar-refractivity contribution in [3.05, 3.63) is 33.7 Å². The van der Waals surface area contributed by atoms with Crippen LogP contribution in [-0.4, -0.2) is 41.5 Å². The van der Waals surface area contributed by atoms with Crippen molar-refractivity contribution >= 4 is 46.3 Å². The molecule has 2 atom stereocenters. The third kappa shape index (κ3) is 3.37. The van der Waals surface area contributed by atoms with Gasteiger partial charge in [-0.15, -0.1) is 0 Å². The Balaban J connectivity index is 1.96. The summed E-state index contributed by atoms with van der Waals surface area (Å²) in [5.41, 5.74) is 7.45. The van der Waals surface area contributed by atoms with Crippen LogP contribution in [0.1, 0.15) is 12.0 Å². The predicted molar refractivity (Wildman–Crippen MR) is 91.4 cm³/mol. The molecule has 2 fully saturated rings. The second-order valence-corrected chi connectivity index (χ2v) is 6.92. The standard InChI is InChI=1S/C15H16ClN3O3S/c16-9-3-1-2-8(6-12-14(21)18-15(22)23-12)13(9)19-5-4-11(20)10(17)7-19/h1-3,6,10-11,20H,4-5,7,17H2,(H,18,21,22)/b12-6-/t10-,11-/m0/s1. The lowest BCUT2D eigenvalue weighted by atomic mass is 10.0. The summed E-state index contributed by atoms with van der Waals surface area (Å²) in [5.74, 6) is -0.406. The van der Waals surface area contributed by atoms with E-state index in [1.54, 1.807) is 18.2 Å².